The number of nitro groups is 1. The number of nitro benzene ring substituents is 1. The summed E-state index contributed by atoms with van der Waals surface area (Å²) in [7, 11) is 1.14. The van der Waals surface area contributed by atoms with Gasteiger partial charge in [-0.1, -0.05) is 26.0 Å². The van der Waals surface area contributed by atoms with Crippen LogP contribution in [-0.4, -0.2) is 86.5 Å². The van der Waals surface area contributed by atoms with E-state index in [4.69, 9.17) is 23.7 Å². The second-order valence-corrected chi connectivity index (χ2v) is 10.5. The molecule has 3 atom stereocenters. The lowest BCUT2D eigenvalue weighted by Crippen LogP contribution is -2.37. The highest BCUT2D eigenvalue weighted by Gasteiger charge is 2.44. The van der Waals surface area contributed by atoms with Crippen LogP contribution in [0.2, 0.25) is 0 Å². The third-order valence-corrected chi connectivity index (χ3v) is 6.83. The van der Waals surface area contributed by atoms with Crippen molar-refractivity contribution in [3.05, 3.63) is 75.5 Å². The van der Waals surface area contributed by atoms with Crippen LogP contribution in [0.15, 0.2) is 64.8 Å². The van der Waals surface area contributed by atoms with Gasteiger partial charge in [-0.15, -0.1) is 0 Å². The Bertz CT molecular complexity index is 1470. The molecule has 2 aromatic rings. The highest BCUT2D eigenvalue weighted by atomic mass is 16.6. The van der Waals surface area contributed by atoms with Crippen molar-refractivity contribution in [3.63, 3.8) is 0 Å². The molecule has 1 heterocycles. The first-order chi connectivity index (χ1) is 22.0. The zero-order valence-electron chi connectivity index (χ0n) is 26.1. The maximum atomic E-state index is 13.3. The molecule has 0 aliphatic carbocycles. The summed E-state index contributed by atoms with van der Waals surface area (Å²) in [5.41, 5.74) is -0.0624. The topological polar surface area (TPSA) is 192 Å². The molecule has 0 saturated carbocycles. The molecule has 14 nitrogen and oxygen atoms in total. The summed E-state index contributed by atoms with van der Waals surface area (Å²) in [5.74, 6) is -2.87. The Morgan fingerprint density at radius 3 is 2.39 bits per heavy atom. The molecule has 2 aromatic carbocycles. The predicted octanol–water partition coefficient (Wildman–Crippen LogP) is 3.10. The van der Waals surface area contributed by atoms with Crippen molar-refractivity contribution in [1.82, 2.24) is 5.32 Å². The molecule has 0 saturated heterocycles. The number of nitrogens with one attached hydrogen (secondary N) is 1. The first-order valence-corrected chi connectivity index (χ1v) is 14.6. The average Bonchev–Trinajstić information content (AvgIpc) is 3.05. The fourth-order valence-corrected chi connectivity index (χ4v) is 4.64. The quantitative estimate of drug-likeness (QED) is 0.112. The number of esters is 2. The van der Waals surface area contributed by atoms with Crippen molar-refractivity contribution >= 4 is 23.3 Å². The molecular formula is C32H38N4O10. The van der Waals surface area contributed by atoms with Crippen LogP contribution in [-0.2, 0) is 23.8 Å². The molecule has 0 aromatic heterocycles. The molecule has 1 aliphatic rings. The van der Waals surface area contributed by atoms with Crippen molar-refractivity contribution in [2.24, 2.45) is 10.9 Å². The predicted molar refractivity (Wildman–Crippen MR) is 165 cm³/mol. The van der Waals surface area contributed by atoms with Crippen LogP contribution in [0.25, 0.3) is 0 Å². The number of nitriles is 1. The molecule has 2 N–H and O–H groups in total. The van der Waals surface area contributed by atoms with Gasteiger partial charge in [-0.2, -0.15) is 5.26 Å². The van der Waals surface area contributed by atoms with E-state index in [9.17, 15) is 30.1 Å². The van der Waals surface area contributed by atoms with Gasteiger partial charge in [0.15, 0.2) is 0 Å². The van der Waals surface area contributed by atoms with Crippen molar-refractivity contribution in [3.8, 4) is 17.6 Å². The molecule has 0 amide bonds. The summed E-state index contributed by atoms with van der Waals surface area (Å²) in [6.45, 7) is 6.40. The van der Waals surface area contributed by atoms with Crippen molar-refractivity contribution in [1.29, 1.82) is 5.26 Å². The zero-order valence-corrected chi connectivity index (χ0v) is 26.1. The second-order valence-electron chi connectivity index (χ2n) is 10.5. The Balaban J connectivity index is 1.52. The summed E-state index contributed by atoms with van der Waals surface area (Å²) in [5, 5.41) is 34.2. The number of aliphatic imine (C=N–C) groups is 1. The minimum atomic E-state index is -1.31. The zero-order chi connectivity index (χ0) is 33.6. The minimum absolute atomic E-state index is 0.0209. The first kappa shape index (κ1) is 35.6. The van der Waals surface area contributed by atoms with Crippen molar-refractivity contribution in [2.75, 3.05) is 46.7 Å². The van der Waals surface area contributed by atoms with Gasteiger partial charge in [0.2, 0.25) is 0 Å². The fourth-order valence-electron chi connectivity index (χ4n) is 4.64. The lowest BCUT2D eigenvalue weighted by atomic mass is 9.75. The van der Waals surface area contributed by atoms with Gasteiger partial charge in [-0.3, -0.25) is 14.9 Å². The number of methoxy groups -OCH3 is 1. The Morgan fingerprint density at radius 2 is 1.76 bits per heavy atom. The van der Waals surface area contributed by atoms with Gasteiger partial charge in [0.1, 0.15) is 55.1 Å². The molecule has 246 valence electrons. The molecule has 1 aliphatic heterocycles. The molecule has 14 heteroatoms. The first-order valence-electron chi connectivity index (χ1n) is 14.6. The number of benzene rings is 2. The minimum Gasteiger partial charge on any atom is -0.491 e. The van der Waals surface area contributed by atoms with Crippen LogP contribution in [0.1, 0.15) is 32.3 Å². The highest BCUT2D eigenvalue weighted by Crippen LogP contribution is 2.40. The number of hydrogen-bond donors (Lipinski definition) is 2. The number of carbonyl (C=O) groups is 2. The van der Waals surface area contributed by atoms with Gasteiger partial charge in [-0.25, -0.2) is 9.79 Å². The monoisotopic (exact) mass is 638 g/mol. The Kier molecular flexibility index (Phi) is 13.6. The van der Waals surface area contributed by atoms with E-state index < -0.39 is 34.8 Å². The third kappa shape index (κ3) is 10.1. The summed E-state index contributed by atoms with van der Waals surface area (Å²) in [4.78, 5) is 41.0. The number of non-ortho nitro benzene ring substituents is 1. The number of aliphatic hydroxyl groups excluding tert-OH is 1. The van der Waals surface area contributed by atoms with E-state index >= 15 is 0 Å². The maximum absolute atomic E-state index is 13.3. The van der Waals surface area contributed by atoms with Gasteiger partial charge in [-0.05, 0) is 36.8 Å². The molecule has 0 radical (unpaired) electrons. The molecular weight excluding hydrogens is 600 g/mol. The standard InChI is InChI=1S/C32H38N4O10/c1-20(2)34-18-24(37)19-46-26-10-8-25(9-11-26)44-14-12-43-13-15-45-32(39)28-21(3)35-27(17-33)30(31(38)42-4)29(28)22-6-5-7-23(16-22)36(40)41/h5-11,16,20,24,29-30,34,37H,12-15,18-19H2,1-4H3. The van der Waals surface area contributed by atoms with E-state index in [2.05, 4.69) is 10.3 Å². The molecule has 0 spiro atoms. The second kappa shape index (κ2) is 17.6. The molecule has 3 rings (SSSR count). The Labute approximate surface area is 266 Å². The summed E-state index contributed by atoms with van der Waals surface area (Å²) < 4.78 is 27.1. The SMILES string of the molecule is COC(=O)C1C(C#N)=NC(C)=C(C(=O)OCCOCCOc2ccc(OCC(O)CNC(C)C)cc2)C1c1cccc([N+](=O)[O-])c1. The molecule has 0 fully saturated rings. The average molecular weight is 639 g/mol. The number of nitrogens with zero attached hydrogens (tertiary/aromatic N) is 3. The van der Waals surface area contributed by atoms with E-state index in [1.165, 1.54) is 31.2 Å². The fraction of sp³-hybridized carbons (Fsp3) is 0.438. The van der Waals surface area contributed by atoms with Crippen LogP contribution < -0.4 is 14.8 Å². The number of carbonyl (C=O) groups excluding carboxylic acids is 2. The summed E-state index contributed by atoms with van der Waals surface area (Å²) >= 11 is 0. The van der Waals surface area contributed by atoms with E-state index in [1.54, 1.807) is 24.3 Å². The van der Waals surface area contributed by atoms with Gasteiger partial charge in [0, 0.05) is 36.3 Å². The summed E-state index contributed by atoms with van der Waals surface area (Å²) in [6, 6.07) is 14.5. The lowest BCUT2D eigenvalue weighted by Gasteiger charge is -2.30. The van der Waals surface area contributed by atoms with Crippen molar-refractivity contribution < 1.29 is 43.3 Å². The highest BCUT2D eigenvalue weighted by molar-refractivity contribution is 6.14. The normalized spacial score (nSPS) is 16.7. The van der Waals surface area contributed by atoms with Crippen LogP contribution in [0, 0.1) is 27.4 Å². The van der Waals surface area contributed by atoms with Gasteiger partial charge in [0.05, 0.1) is 30.8 Å². The summed E-state index contributed by atoms with van der Waals surface area (Å²) in [6.07, 6.45) is -0.630. The van der Waals surface area contributed by atoms with E-state index in [0.29, 0.717) is 18.0 Å². The van der Waals surface area contributed by atoms with Crippen LogP contribution >= 0.6 is 0 Å². The van der Waals surface area contributed by atoms with Gasteiger partial charge >= 0.3 is 11.9 Å². The lowest BCUT2D eigenvalue weighted by molar-refractivity contribution is -0.384. The Hall–Kier alpha value is -4.84. The van der Waals surface area contributed by atoms with Crippen molar-refractivity contribution in [2.45, 2.75) is 38.8 Å². The van der Waals surface area contributed by atoms with Gasteiger partial charge in [0.25, 0.3) is 5.69 Å². The number of hydrogen-bond acceptors (Lipinski definition) is 13. The van der Waals surface area contributed by atoms with E-state index in [0.717, 1.165) is 7.11 Å². The smallest absolute Gasteiger partial charge is 0.336 e. The number of rotatable bonds is 17. The van der Waals surface area contributed by atoms with Crippen LogP contribution in [0.5, 0.6) is 11.5 Å². The molecule has 46 heavy (non-hydrogen) atoms. The van der Waals surface area contributed by atoms with E-state index in [-0.39, 0.29) is 67.3 Å². The van der Waals surface area contributed by atoms with Crippen LogP contribution in [0.3, 0.4) is 0 Å². The number of aliphatic hydroxyl groups is 1. The van der Waals surface area contributed by atoms with Gasteiger partial charge < -0.3 is 34.1 Å². The molecule has 3 unspecified atom stereocenters. The molecule has 0 bridgehead atoms. The third-order valence-electron chi connectivity index (χ3n) is 6.83. The van der Waals surface area contributed by atoms with Crippen LogP contribution in [0.4, 0.5) is 5.69 Å². The number of allylic oxidation sites excluding steroid dienone is 1. The Morgan fingerprint density at radius 1 is 1.09 bits per heavy atom. The number of ether oxygens (including phenoxy) is 5. The maximum Gasteiger partial charge on any atom is 0.336 e. The largest absolute Gasteiger partial charge is 0.491 e. The van der Waals surface area contributed by atoms with E-state index in [1.807, 2.05) is 19.9 Å².